The van der Waals surface area contributed by atoms with Gasteiger partial charge in [-0.2, -0.15) is 11.8 Å². The minimum atomic E-state index is 0.262. The number of hydrogen-bond donors (Lipinski definition) is 1. The molecule has 0 aliphatic carbocycles. The first kappa shape index (κ1) is 16.2. The Morgan fingerprint density at radius 3 is 2.48 bits per heavy atom. The van der Waals surface area contributed by atoms with Crippen LogP contribution in [-0.2, 0) is 0 Å². The highest BCUT2D eigenvalue weighted by Gasteiger charge is 2.17. The summed E-state index contributed by atoms with van der Waals surface area (Å²) in [7, 11) is 1.70. The molecule has 1 N–H and O–H groups in total. The molecule has 0 heterocycles. The molecule has 1 atom stereocenters. The van der Waals surface area contributed by atoms with Gasteiger partial charge >= 0.3 is 0 Å². The van der Waals surface area contributed by atoms with Crippen LogP contribution in [0.1, 0.15) is 32.4 Å². The lowest BCUT2D eigenvalue weighted by atomic mass is 10.0. The summed E-state index contributed by atoms with van der Waals surface area (Å²) in [5.41, 5.74) is 1.32. The van der Waals surface area contributed by atoms with Crippen LogP contribution < -0.4 is 10.1 Å². The summed E-state index contributed by atoms with van der Waals surface area (Å²) < 4.78 is 5.54. The Bertz CT molecular complexity index is 609. The fraction of sp³-hybridized carbons (Fsp3) is 0.444. The standard InChI is InChI=1S/C18H25NOS/c1-13(19-12-18(2,3)21-5)14-6-7-16-11-17(20-4)9-8-15(16)10-14/h6-11,13,19H,12H2,1-5H3. The van der Waals surface area contributed by atoms with E-state index in [1.807, 2.05) is 17.8 Å². The average Bonchev–Trinajstić information content (AvgIpc) is 2.51. The maximum Gasteiger partial charge on any atom is 0.119 e. The number of ether oxygens (including phenoxy) is 1. The van der Waals surface area contributed by atoms with Crippen LogP contribution in [0.15, 0.2) is 36.4 Å². The molecule has 0 aliphatic heterocycles. The van der Waals surface area contributed by atoms with Crippen molar-refractivity contribution in [3.05, 3.63) is 42.0 Å². The second-order valence-corrected chi connectivity index (χ2v) is 7.55. The van der Waals surface area contributed by atoms with E-state index in [0.29, 0.717) is 6.04 Å². The Morgan fingerprint density at radius 1 is 1.14 bits per heavy atom. The van der Waals surface area contributed by atoms with Crippen molar-refractivity contribution in [3.8, 4) is 5.75 Å². The van der Waals surface area contributed by atoms with E-state index in [9.17, 15) is 0 Å². The van der Waals surface area contributed by atoms with Crippen molar-refractivity contribution in [2.24, 2.45) is 0 Å². The Labute approximate surface area is 132 Å². The molecular formula is C18H25NOS. The van der Waals surface area contributed by atoms with Gasteiger partial charge in [0.1, 0.15) is 5.75 Å². The predicted octanol–water partition coefficient (Wildman–Crippen LogP) is 4.64. The number of fused-ring (bicyclic) bond motifs is 1. The second-order valence-electron chi connectivity index (χ2n) is 6.04. The van der Waals surface area contributed by atoms with E-state index < -0.39 is 0 Å². The Hall–Kier alpha value is -1.19. The zero-order valence-electron chi connectivity index (χ0n) is 13.6. The van der Waals surface area contributed by atoms with Gasteiger partial charge in [-0.15, -0.1) is 0 Å². The van der Waals surface area contributed by atoms with Crippen molar-refractivity contribution in [2.75, 3.05) is 19.9 Å². The lowest BCUT2D eigenvalue weighted by molar-refractivity contribution is 0.415. The topological polar surface area (TPSA) is 21.3 Å². The van der Waals surface area contributed by atoms with E-state index in [1.54, 1.807) is 7.11 Å². The van der Waals surface area contributed by atoms with Crippen molar-refractivity contribution in [1.29, 1.82) is 0 Å². The van der Waals surface area contributed by atoms with Gasteiger partial charge in [0, 0.05) is 17.3 Å². The molecule has 2 aromatic carbocycles. The molecule has 0 bridgehead atoms. The molecule has 2 rings (SSSR count). The Kier molecular flexibility index (Phi) is 5.17. The van der Waals surface area contributed by atoms with E-state index >= 15 is 0 Å². The van der Waals surface area contributed by atoms with Gasteiger partial charge in [-0.1, -0.05) is 18.2 Å². The van der Waals surface area contributed by atoms with E-state index in [2.05, 4.69) is 62.7 Å². The Balaban J connectivity index is 2.15. The molecule has 0 spiro atoms. The number of benzene rings is 2. The number of rotatable bonds is 6. The van der Waals surface area contributed by atoms with Crippen LogP contribution in [0.2, 0.25) is 0 Å². The third-order valence-corrected chi connectivity index (χ3v) is 5.21. The van der Waals surface area contributed by atoms with Gasteiger partial charge in [-0.05, 0) is 61.6 Å². The third kappa shape index (κ3) is 4.14. The van der Waals surface area contributed by atoms with Gasteiger partial charge in [0.25, 0.3) is 0 Å². The minimum Gasteiger partial charge on any atom is -0.497 e. The molecule has 0 fully saturated rings. The smallest absolute Gasteiger partial charge is 0.119 e. The highest BCUT2D eigenvalue weighted by atomic mass is 32.2. The molecule has 0 amide bonds. The third-order valence-electron chi connectivity index (χ3n) is 3.96. The Morgan fingerprint density at radius 2 is 1.81 bits per heavy atom. The molecule has 1 unspecified atom stereocenters. The molecule has 0 saturated carbocycles. The number of hydrogen-bond acceptors (Lipinski definition) is 3. The molecule has 21 heavy (non-hydrogen) atoms. The normalized spacial score (nSPS) is 13.4. The van der Waals surface area contributed by atoms with E-state index in [1.165, 1.54) is 16.3 Å². The van der Waals surface area contributed by atoms with Crippen LogP contribution in [0.3, 0.4) is 0 Å². The van der Waals surface area contributed by atoms with Crippen LogP contribution in [0.5, 0.6) is 5.75 Å². The quantitative estimate of drug-likeness (QED) is 0.840. The second kappa shape index (κ2) is 6.71. The predicted molar refractivity (Wildman–Crippen MR) is 94.5 cm³/mol. The zero-order chi connectivity index (χ0) is 15.5. The zero-order valence-corrected chi connectivity index (χ0v) is 14.4. The summed E-state index contributed by atoms with van der Waals surface area (Å²) in [6, 6.07) is 13.2. The van der Waals surface area contributed by atoms with E-state index in [-0.39, 0.29) is 4.75 Å². The number of thioether (sulfide) groups is 1. The van der Waals surface area contributed by atoms with Crippen molar-refractivity contribution >= 4 is 22.5 Å². The van der Waals surface area contributed by atoms with Crippen molar-refractivity contribution in [3.63, 3.8) is 0 Å². The molecule has 0 aliphatic rings. The van der Waals surface area contributed by atoms with Gasteiger partial charge in [-0.3, -0.25) is 0 Å². The summed E-state index contributed by atoms with van der Waals surface area (Å²) in [5.74, 6) is 0.906. The SMILES string of the molecule is COc1ccc2cc(C(C)NCC(C)(C)SC)ccc2c1. The molecule has 114 valence electrons. The lowest BCUT2D eigenvalue weighted by Crippen LogP contribution is -2.33. The molecule has 2 aromatic rings. The fourth-order valence-corrected chi connectivity index (χ4v) is 2.46. The maximum absolute atomic E-state index is 5.27. The van der Waals surface area contributed by atoms with Crippen molar-refractivity contribution in [2.45, 2.75) is 31.6 Å². The fourth-order valence-electron chi connectivity index (χ4n) is 2.23. The molecule has 0 saturated heterocycles. The first-order valence-electron chi connectivity index (χ1n) is 7.31. The van der Waals surface area contributed by atoms with Crippen LogP contribution in [-0.4, -0.2) is 24.7 Å². The molecular weight excluding hydrogens is 278 g/mol. The lowest BCUT2D eigenvalue weighted by Gasteiger charge is -2.25. The van der Waals surface area contributed by atoms with Crippen molar-refractivity contribution in [1.82, 2.24) is 5.32 Å². The van der Waals surface area contributed by atoms with Gasteiger partial charge in [-0.25, -0.2) is 0 Å². The van der Waals surface area contributed by atoms with Crippen LogP contribution in [0.25, 0.3) is 10.8 Å². The molecule has 0 aromatic heterocycles. The van der Waals surface area contributed by atoms with E-state index in [0.717, 1.165) is 12.3 Å². The summed E-state index contributed by atoms with van der Waals surface area (Å²) >= 11 is 1.89. The van der Waals surface area contributed by atoms with Crippen LogP contribution in [0, 0.1) is 0 Å². The largest absolute Gasteiger partial charge is 0.497 e. The number of nitrogens with one attached hydrogen (secondary N) is 1. The van der Waals surface area contributed by atoms with Crippen molar-refractivity contribution < 1.29 is 4.74 Å². The minimum absolute atomic E-state index is 0.262. The number of methoxy groups -OCH3 is 1. The average molecular weight is 303 g/mol. The summed E-state index contributed by atoms with van der Waals surface area (Å²) in [5, 5.41) is 6.10. The maximum atomic E-state index is 5.27. The first-order valence-corrected chi connectivity index (χ1v) is 8.54. The summed E-state index contributed by atoms with van der Waals surface area (Å²) in [6.45, 7) is 7.76. The van der Waals surface area contributed by atoms with Crippen LogP contribution in [0.4, 0.5) is 0 Å². The molecule has 3 heteroatoms. The highest BCUT2D eigenvalue weighted by molar-refractivity contribution is 7.99. The van der Waals surface area contributed by atoms with Gasteiger partial charge in [0.15, 0.2) is 0 Å². The monoisotopic (exact) mass is 303 g/mol. The van der Waals surface area contributed by atoms with Gasteiger partial charge in [0.2, 0.25) is 0 Å². The molecule has 2 nitrogen and oxygen atoms in total. The summed E-state index contributed by atoms with van der Waals surface area (Å²) in [4.78, 5) is 0. The summed E-state index contributed by atoms with van der Waals surface area (Å²) in [6.07, 6.45) is 2.16. The van der Waals surface area contributed by atoms with Crippen LogP contribution >= 0.6 is 11.8 Å². The first-order chi connectivity index (χ1) is 9.95. The van der Waals surface area contributed by atoms with Gasteiger partial charge in [0.05, 0.1) is 7.11 Å². The molecule has 0 radical (unpaired) electrons. The highest BCUT2D eigenvalue weighted by Crippen LogP contribution is 2.25. The van der Waals surface area contributed by atoms with E-state index in [4.69, 9.17) is 4.74 Å². The van der Waals surface area contributed by atoms with Gasteiger partial charge < -0.3 is 10.1 Å².